The number of fused-ring (bicyclic) bond motifs is 1. The Bertz CT molecular complexity index is 676. The Morgan fingerprint density at radius 1 is 1.24 bits per heavy atom. The Morgan fingerprint density at radius 3 is 2.71 bits per heavy atom. The highest BCUT2D eigenvalue weighted by Crippen LogP contribution is 2.24. The Labute approximate surface area is 125 Å². The quantitative estimate of drug-likeness (QED) is 0.897. The van der Waals surface area contributed by atoms with E-state index >= 15 is 0 Å². The van der Waals surface area contributed by atoms with Crippen LogP contribution in [0.3, 0.4) is 0 Å². The molecule has 6 nitrogen and oxygen atoms in total. The summed E-state index contributed by atoms with van der Waals surface area (Å²) in [5.74, 6) is -0.385. The van der Waals surface area contributed by atoms with E-state index in [9.17, 15) is 9.59 Å². The molecule has 0 spiro atoms. The second kappa shape index (κ2) is 5.77. The van der Waals surface area contributed by atoms with Crippen molar-refractivity contribution in [3.8, 4) is 0 Å². The van der Waals surface area contributed by atoms with Gasteiger partial charge in [-0.3, -0.25) is 9.59 Å². The summed E-state index contributed by atoms with van der Waals surface area (Å²) in [6.45, 7) is 0. The predicted octanol–water partition coefficient (Wildman–Crippen LogP) is 1.47. The van der Waals surface area contributed by atoms with Crippen molar-refractivity contribution in [1.82, 2.24) is 14.9 Å². The molecule has 0 aliphatic heterocycles. The van der Waals surface area contributed by atoms with E-state index in [0.29, 0.717) is 5.56 Å². The minimum Gasteiger partial charge on any atom is -0.369 e. The van der Waals surface area contributed by atoms with Crippen LogP contribution in [0.15, 0.2) is 18.2 Å². The molecule has 3 N–H and O–H groups in total. The number of primary amides is 1. The molecule has 0 bridgehead atoms. The number of nitrogens with one attached hydrogen (secondary N) is 1. The standard InChI is InChI=1S/C14H16N4O2S/c15-13(19)8-1-4-10(5-2-8)16-14(20)9-3-6-12-11(7-9)17-18-21-12/h3,6-8,10H,1-2,4-5H2,(H2,15,19)(H,16,20). The molecule has 1 saturated carbocycles. The number of hydrogen-bond acceptors (Lipinski definition) is 5. The number of nitrogens with two attached hydrogens (primary N) is 1. The van der Waals surface area contributed by atoms with E-state index in [1.54, 1.807) is 12.1 Å². The van der Waals surface area contributed by atoms with Crippen molar-refractivity contribution < 1.29 is 9.59 Å². The zero-order valence-electron chi connectivity index (χ0n) is 11.4. The molecule has 0 saturated heterocycles. The second-order valence-electron chi connectivity index (χ2n) is 5.38. The summed E-state index contributed by atoms with van der Waals surface area (Å²) in [6, 6.07) is 5.51. The summed E-state index contributed by atoms with van der Waals surface area (Å²) in [5, 5.41) is 6.99. The van der Waals surface area contributed by atoms with Crippen LogP contribution < -0.4 is 11.1 Å². The number of hydrogen-bond donors (Lipinski definition) is 2. The maximum Gasteiger partial charge on any atom is 0.251 e. The predicted molar refractivity (Wildman–Crippen MR) is 79.8 cm³/mol. The zero-order chi connectivity index (χ0) is 14.8. The Morgan fingerprint density at radius 2 is 2.00 bits per heavy atom. The number of nitrogens with zero attached hydrogens (tertiary/aromatic N) is 2. The first-order valence-electron chi connectivity index (χ1n) is 6.96. The Hall–Kier alpha value is -2.02. The maximum absolute atomic E-state index is 12.2. The highest BCUT2D eigenvalue weighted by molar-refractivity contribution is 7.12. The first-order valence-corrected chi connectivity index (χ1v) is 7.73. The highest BCUT2D eigenvalue weighted by atomic mass is 32.1. The van der Waals surface area contributed by atoms with Crippen molar-refractivity contribution in [1.29, 1.82) is 0 Å². The van der Waals surface area contributed by atoms with E-state index in [4.69, 9.17) is 5.73 Å². The third kappa shape index (κ3) is 3.02. The van der Waals surface area contributed by atoms with Crippen LogP contribution in [0, 0.1) is 5.92 Å². The molecule has 2 amide bonds. The van der Waals surface area contributed by atoms with Gasteiger partial charge in [-0.05, 0) is 55.4 Å². The average molecular weight is 304 g/mol. The van der Waals surface area contributed by atoms with E-state index in [-0.39, 0.29) is 23.8 Å². The van der Waals surface area contributed by atoms with Crippen LogP contribution in [-0.2, 0) is 4.79 Å². The van der Waals surface area contributed by atoms with Crippen LogP contribution in [0.4, 0.5) is 0 Å². The van der Waals surface area contributed by atoms with E-state index in [1.165, 1.54) is 11.5 Å². The topological polar surface area (TPSA) is 98.0 Å². The number of benzene rings is 1. The minimum absolute atomic E-state index is 0.0458. The van der Waals surface area contributed by atoms with Crippen molar-refractivity contribution in [3.63, 3.8) is 0 Å². The van der Waals surface area contributed by atoms with Crippen molar-refractivity contribution in [2.24, 2.45) is 11.7 Å². The van der Waals surface area contributed by atoms with Gasteiger partial charge in [-0.25, -0.2) is 0 Å². The highest BCUT2D eigenvalue weighted by Gasteiger charge is 2.25. The smallest absolute Gasteiger partial charge is 0.251 e. The fourth-order valence-electron chi connectivity index (χ4n) is 2.71. The van der Waals surface area contributed by atoms with Crippen molar-refractivity contribution in [3.05, 3.63) is 23.8 Å². The van der Waals surface area contributed by atoms with Gasteiger partial charge < -0.3 is 11.1 Å². The lowest BCUT2D eigenvalue weighted by molar-refractivity contribution is -0.122. The Kier molecular flexibility index (Phi) is 3.83. The molecule has 1 aliphatic rings. The van der Waals surface area contributed by atoms with Crippen LogP contribution in [0.2, 0.25) is 0 Å². The minimum atomic E-state index is -0.235. The van der Waals surface area contributed by atoms with Gasteiger partial charge in [0.25, 0.3) is 5.91 Å². The van der Waals surface area contributed by atoms with E-state index in [2.05, 4.69) is 14.9 Å². The molecule has 21 heavy (non-hydrogen) atoms. The molecule has 0 radical (unpaired) electrons. The SMILES string of the molecule is NC(=O)C1CCC(NC(=O)c2ccc3snnc3c2)CC1. The number of carbonyl (C=O) groups is 2. The van der Waals surface area contributed by atoms with Gasteiger partial charge in [0.1, 0.15) is 5.52 Å². The first-order chi connectivity index (χ1) is 10.1. The molecular formula is C14H16N4O2S. The molecule has 1 aromatic heterocycles. The van der Waals surface area contributed by atoms with Gasteiger partial charge in [0.05, 0.1) is 4.70 Å². The summed E-state index contributed by atoms with van der Waals surface area (Å²) in [6.07, 6.45) is 3.07. The number of carbonyl (C=O) groups excluding carboxylic acids is 2. The fourth-order valence-corrected chi connectivity index (χ4v) is 3.25. The monoisotopic (exact) mass is 304 g/mol. The average Bonchev–Trinajstić information content (AvgIpc) is 2.95. The third-order valence-electron chi connectivity index (χ3n) is 3.97. The van der Waals surface area contributed by atoms with Crippen LogP contribution in [0.25, 0.3) is 10.2 Å². The lowest BCUT2D eigenvalue weighted by atomic mass is 9.85. The van der Waals surface area contributed by atoms with Crippen LogP contribution in [0.1, 0.15) is 36.0 Å². The third-order valence-corrected chi connectivity index (χ3v) is 4.68. The van der Waals surface area contributed by atoms with Gasteiger partial charge in [-0.2, -0.15) is 0 Å². The van der Waals surface area contributed by atoms with Crippen molar-refractivity contribution in [2.45, 2.75) is 31.7 Å². The molecule has 110 valence electrons. The number of rotatable bonds is 3. The summed E-state index contributed by atoms with van der Waals surface area (Å²) in [4.78, 5) is 23.4. The van der Waals surface area contributed by atoms with Gasteiger partial charge in [0.15, 0.2) is 0 Å². The largest absolute Gasteiger partial charge is 0.369 e. The first kappa shape index (κ1) is 13.9. The number of aromatic nitrogens is 2. The van der Waals surface area contributed by atoms with Gasteiger partial charge >= 0.3 is 0 Å². The van der Waals surface area contributed by atoms with Crippen molar-refractivity contribution >= 4 is 33.6 Å². The summed E-state index contributed by atoms with van der Waals surface area (Å²) in [7, 11) is 0. The molecule has 3 rings (SSSR count). The van der Waals surface area contributed by atoms with Crippen LogP contribution in [0.5, 0.6) is 0 Å². The molecular weight excluding hydrogens is 288 g/mol. The van der Waals surface area contributed by atoms with Gasteiger partial charge in [-0.1, -0.05) is 4.49 Å². The lowest BCUT2D eigenvalue weighted by Crippen LogP contribution is -2.39. The normalized spacial score (nSPS) is 22.1. The number of amides is 2. The second-order valence-corrected chi connectivity index (χ2v) is 6.17. The maximum atomic E-state index is 12.2. The van der Waals surface area contributed by atoms with E-state index < -0.39 is 0 Å². The summed E-state index contributed by atoms with van der Waals surface area (Å²) < 4.78 is 4.82. The van der Waals surface area contributed by atoms with E-state index in [1.807, 2.05) is 6.07 Å². The van der Waals surface area contributed by atoms with Gasteiger partial charge in [-0.15, -0.1) is 5.10 Å². The zero-order valence-corrected chi connectivity index (χ0v) is 12.2. The molecule has 0 unspecified atom stereocenters. The molecule has 7 heteroatoms. The van der Waals surface area contributed by atoms with Crippen molar-refractivity contribution in [2.75, 3.05) is 0 Å². The van der Waals surface area contributed by atoms with E-state index in [0.717, 1.165) is 35.9 Å². The Balaban J connectivity index is 1.62. The molecule has 1 fully saturated rings. The molecule has 2 aromatic rings. The van der Waals surface area contributed by atoms with Crippen LogP contribution >= 0.6 is 11.5 Å². The fraction of sp³-hybridized carbons (Fsp3) is 0.429. The molecule has 0 atom stereocenters. The van der Waals surface area contributed by atoms with Gasteiger partial charge in [0, 0.05) is 17.5 Å². The molecule has 1 heterocycles. The van der Waals surface area contributed by atoms with Crippen LogP contribution in [-0.4, -0.2) is 27.4 Å². The summed E-state index contributed by atoms with van der Waals surface area (Å²) in [5.41, 5.74) is 6.64. The lowest BCUT2D eigenvalue weighted by Gasteiger charge is -2.27. The molecule has 1 aliphatic carbocycles. The summed E-state index contributed by atoms with van der Waals surface area (Å²) >= 11 is 1.31. The molecule has 1 aromatic carbocycles. The van der Waals surface area contributed by atoms with Gasteiger partial charge in [0.2, 0.25) is 5.91 Å².